The minimum Gasteiger partial charge on any atom is -0.481 e. The smallest absolute Gasteiger partial charge is 0.407 e. The largest absolute Gasteiger partial charge is 0.481 e. The lowest BCUT2D eigenvalue weighted by Crippen LogP contribution is -2.49. The standard InChI is InChI=1S/C28H32N2O5/c31-25(30-17-28(26(32)33)13-6-14-28)19-12-5-7-18(19)15-29-27(34)35-16-24-22-10-3-1-8-20(22)21-9-2-4-11-23(21)24/h1-4,8-11,18-19,24H,5-7,12-17H2,(H,29,34)(H,30,31)(H,32,33)/t18-,19-/m1/s1. The van der Waals surface area contributed by atoms with Crippen molar-refractivity contribution in [3.8, 4) is 11.1 Å². The zero-order chi connectivity index (χ0) is 24.4. The van der Waals surface area contributed by atoms with Crippen LogP contribution in [0.4, 0.5) is 4.79 Å². The van der Waals surface area contributed by atoms with E-state index in [1.807, 2.05) is 24.3 Å². The Bertz CT molecular complexity index is 1080. The average molecular weight is 477 g/mol. The van der Waals surface area contributed by atoms with Gasteiger partial charge in [-0.3, -0.25) is 9.59 Å². The van der Waals surface area contributed by atoms with Crippen molar-refractivity contribution in [3.63, 3.8) is 0 Å². The predicted molar refractivity (Wildman–Crippen MR) is 131 cm³/mol. The summed E-state index contributed by atoms with van der Waals surface area (Å²) in [5.74, 6) is -1.11. The molecule has 3 aliphatic rings. The molecule has 2 fully saturated rings. The molecular formula is C28H32N2O5. The quantitative estimate of drug-likeness (QED) is 0.527. The summed E-state index contributed by atoms with van der Waals surface area (Å²) in [6.45, 7) is 0.814. The molecule has 35 heavy (non-hydrogen) atoms. The van der Waals surface area contributed by atoms with Crippen LogP contribution >= 0.6 is 0 Å². The van der Waals surface area contributed by atoms with Crippen molar-refractivity contribution >= 4 is 18.0 Å². The summed E-state index contributed by atoms with van der Waals surface area (Å²) >= 11 is 0. The SMILES string of the molecule is O=C(NC[C@H]1CCC[C@H]1C(=O)NCC1(C(=O)O)CCC1)OCC1c2ccccc2-c2ccccc21. The number of carbonyl (C=O) groups excluding carboxylic acids is 2. The van der Waals surface area contributed by atoms with E-state index in [0.717, 1.165) is 25.7 Å². The van der Waals surface area contributed by atoms with E-state index in [1.54, 1.807) is 0 Å². The molecule has 2 amide bonds. The van der Waals surface area contributed by atoms with Crippen molar-refractivity contribution in [2.75, 3.05) is 19.7 Å². The van der Waals surface area contributed by atoms with Crippen LogP contribution in [-0.4, -0.2) is 42.8 Å². The molecule has 7 nitrogen and oxygen atoms in total. The Morgan fingerprint density at radius 3 is 2.17 bits per heavy atom. The number of benzene rings is 2. The number of aliphatic carboxylic acids is 1. The second-order valence-electron chi connectivity index (χ2n) is 10.2. The Kier molecular flexibility index (Phi) is 6.50. The van der Waals surface area contributed by atoms with Crippen LogP contribution < -0.4 is 10.6 Å². The van der Waals surface area contributed by atoms with Gasteiger partial charge in [0, 0.05) is 24.9 Å². The predicted octanol–water partition coefficient (Wildman–Crippen LogP) is 4.31. The maximum atomic E-state index is 12.8. The lowest BCUT2D eigenvalue weighted by molar-refractivity contribution is -0.154. The third-order valence-corrected chi connectivity index (χ3v) is 8.21. The molecule has 0 aliphatic heterocycles. The molecule has 0 saturated heterocycles. The molecule has 3 N–H and O–H groups in total. The van der Waals surface area contributed by atoms with Crippen molar-refractivity contribution < 1.29 is 24.2 Å². The number of rotatable bonds is 8. The third-order valence-electron chi connectivity index (χ3n) is 8.21. The van der Waals surface area contributed by atoms with Crippen LogP contribution in [0.3, 0.4) is 0 Å². The first-order valence-electron chi connectivity index (χ1n) is 12.6. The van der Waals surface area contributed by atoms with Crippen LogP contribution in [0.5, 0.6) is 0 Å². The molecule has 0 heterocycles. The molecule has 0 spiro atoms. The number of amides is 2. The molecule has 5 rings (SSSR count). The number of carbonyl (C=O) groups is 3. The van der Waals surface area contributed by atoms with Crippen LogP contribution in [0.2, 0.25) is 0 Å². The number of hydrogen-bond acceptors (Lipinski definition) is 4. The molecule has 0 bridgehead atoms. The van der Waals surface area contributed by atoms with Crippen molar-refractivity contribution in [1.82, 2.24) is 10.6 Å². The Balaban J connectivity index is 1.12. The van der Waals surface area contributed by atoms with Gasteiger partial charge in [-0.2, -0.15) is 0 Å². The van der Waals surface area contributed by atoms with E-state index in [2.05, 4.69) is 34.9 Å². The Morgan fingerprint density at radius 1 is 0.914 bits per heavy atom. The zero-order valence-corrected chi connectivity index (χ0v) is 19.8. The van der Waals surface area contributed by atoms with E-state index in [1.165, 1.54) is 22.3 Å². The molecule has 2 saturated carbocycles. The second kappa shape index (κ2) is 9.72. The molecule has 3 aliphatic carbocycles. The fourth-order valence-electron chi connectivity index (χ4n) is 5.95. The van der Waals surface area contributed by atoms with Gasteiger partial charge in [0.05, 0.1) is 5.41 Å². The van der Waals surface area contributed by atoms with Crippen molar-refractivity contribution in [2.24, 2.45) is 17.3 Å². The monoisotopic (exact) mass is 476 g/mol. The minimum absolute atomic E-state index is 0.00576. The first kappa shape index (κ1) is 23.4. The van der Waals surface area contributed by atoms with Crippen molar-refractivity contribution in [1.29, 1.82) is 0 Å². The van der Waals surface area contributed by atoms with E-state index in [9.17, 15) is 19.5 Å². The zero-order valence-electron chi connectivity index (χ0n) is 19.8. The van der Waals surface area contributed by atoms with Crippen LogP contribution in [0.25, 0.3) is 11.1 Å². The van der Waals surface area contributed by atoms with Gasteiger partial charge in [-0.25, -0.2) is 4.79 Å². The Hall–Kier alpha value is -3.35. The average Bonchev–Trinajstić information content (AvgIpc) is 3.43. The molecule has 2 aromatic carbocycles. The highest BCUT2D eigenvalue weighted by atomic mass is 16.5. The number of fused-ring (bicyclic) bond motifs is 3. The van der Waals surface area contributed by atoms with E-state index in [-0.39, 0.29) is 36.8 Å². The van der Waals surface area contributed by atoms with E-state index >= 15 is 0 Å². The van der Waals surface area contributed by atoms with Gasteiger partial charge >= 0.3 is 12.1 Å². The highest BCUT2D eigenvalue weighted by Gasteiger charge is 2.45. The molecule has 0 radical (unpaired) electrons. The highest BCUT2D eigenvalue weighted by Crippen LogP contribution is 2.44. The topological polar surface area (TPSA) is 105 Å². The number of nitrogens with one attached hydrogen (secondary N) is 2. The summed E-state index contributed by atoms with van der Waals surface area (Å²) in [6.07, 6.45) is 4.16. The number of carboxylic acids is 1. The summed E-state index contributed by atoms with van der Waals surface area (Å²) in [7, 11) is 0. The first-order valence-corrected chi connectivity index (χ1v) is 12.6. The molecular weight excluding hydrogens is 444 g/mol. The minimum atomic E-state index is -0.830. The lowest BCUT2D eigenvalue weighted by atomic mass is 9.68. The molecule has 2 atom stereocenters. The van der Waals surface area contributed by atoms with Crippen LogP contribution in [0.15, 0.2) is 48.5 Å². The number of ether oxygens (including phenoxy) is 1. The van der Waals surface area contributed by atoms with Gasteiger partial charge in [0.15, 0.2) is 0 Å². The van der Waals surface area contributed by atoms with Gasteiger partial charge in [0.2, 0.25) is 5.91 Å². The summed E-state index contributed by atoms with van der Waals surface area (Å²) in [5.41, 5.74) is 3.90. The lowest BCUT2D eigenvalue weighted by Gasteiger charge is -2.38. The summed E-state index contributed by atoms with van der Waals surface area (Å²) in [6, 6.07) is 16.4. The number of alkyl carbamates (subject to hydrolysis) is 1. The van der Waals surface area contributed by atoms with E-state index in [4.69, 9.17) is 4.74 Å². The maximum absolute atomic E-state index is 12.8. The Labute approximate surface area is 205 Å². The van der Waals surface area contributed by atoms with Gasteiger partial charge in [-0.15, -0.1) is 0 Å². The normalized spacial score (nSPS) is 21.9. The molecule has 0 aromatic heterocycles. The van der Waals surface area contributed by atoms with Crippen molar-refractivity contribution in [3.05, 3.63) is 59.7 Å². The van der Waals surface area contributed by atoms with Crippen LogP contribution in [0, 0.1) is 17.3 Å². The van der Waals surface area contributed by atoms with Gasteiger partial charge in [0.1, 0.15) is 6.61 Å². The third kappa shape index (κ3) is 4.51. The summed E-state index contributed by atoms with van der Waals surface area (Å²) in [4.78, 5) is 36.9. The first-order chi connectivity index (χ1) is 17.0. The maximum Gasteiger partial charge on any atom is 0.407 e. The Morgan fingerprint density at radius 2 is 1.57 bits per heavy atom. The number of hydrogen-bond donors (Lipinski definition) is 3. The molecule has 0 unspecified atom stereocenters. The highest BCUT2D eigenvalue weighted by molar-refractivity contribution is 5.82. The molecule has 2 aromatic rings. The number of carboxylic acid groups (broad SMARTS) is 1. The van der Waals surface area contributed by atoms with E-state index in [0.29, 0.717) is 19.4 Å². The second-order valence-corrected chi connectivity index (χ2v) is 10.2. The van der Waals surface area contributed by atoms with Crippen LogP contribution in [0.1, 0.15) is 55.6 Å². The van der Waals surface area contributed by atoms with Gasteiger partial charge in [0.25, 0.3) is 0 Å². The summed E-state index contributed by atoms with van der Waals surface area (Å²) in [5, 5.41) is 15.2. The van der Waals surface area contributed by atoms with E-state index < -0.39 is 17.5 Å². The summed E-state index contributed by atoms with van der Waals surface area (Å²) < 4.78 is 5.62. The molecule has 184 valence electrons. The van der Waals surface area contributed by atoms with Gasteiger partial charge < -0.3 is 20.5 Å². The van der Waals surface area contributed by atoms with Gasteiger partial charge in [-0.1, -0.05) is 61.4 Å². The fourth-order valence-corrected chi connectivity index (χ4v) is 5.95. The van der Waals surface area contributed by atoms with Crippen molar-refractivity contribution in [2.45, 2.75) is 44.4 Å². The molecule has 7 heteroatoms. The fraction of sp³-hybridized carbons (Fsp3) is 0.464. The van der Waals surface area contributed by atoms with Crippen LogP contribution in [-0.2, 0) is 14.3 Å². The van der Waals surface area contributed by atoms with Gasteiger partial charge in [-0.05, 0) is 53.9 Å².